The molecule has 1 saturated heterocycles. The van der Waals surface area contributed by atoms with Crippen LogP contribution in [-0.4, -0.2) is 71.2 Å². The molecule has 0 bridgehead atoms. The molecule has 4 aromatic rings. The topological polar surface area (TPSA) is 122 Å². The third-order valence-electron chi connectivity index (χ3n) is 7.77. The molecule has 4 N–H and O–H groups in total. The molecular formula is C36H37N9O. The van der Waals surface area contributed by atoms with Gasteiger partial charge in [-0.05, 0) is 68.4 Å². The smallest absolute Gasteiger partial charge is 0.248 e. The zero-order valence-electron chi connectivity index (χ0n) is 25.9. The molecular weight excluding hydrogens is 574 g/mol. The number of rotatable bonds is 10. The first-order valence-electron chi connectivity index (χ1n) is 15.3. The molecule has 0 saturated carbocycles. The van der Waals surface area contributed by atoms with E-state index < -0.39 is 0 Å². The van der Waals surface area contributed by atoms with E-state index in [4.69, 9.17) is 15.4 Å². The Morgan fingerprint density at radius 2 is 1.93 bits per heavy atom. The molecule has 0 spiro atoms. The summed E-state index contributed by atoms with van der Waals surface area (Å²) in [7, 11) is 3.92. The fourth-order valence-electron chi connectivity index (χ4n) is 5.57. The molecule has 0 radical (unpaired) electrons. The minimum Gasteiger partial charge on any atom is -0.361 e. The van der Waals surface area contributed by atoms with Crippen molar-refractivity contribution < 1.29 is 4.79 Å². The molecule has 1 amide bonds. The van der Waals surface area contributed by atoms with Crippen LogP contribution in [0.15, 0.2) is 115 Å². The summed E-state index contributed by atoms with van der Waals surface area (Å²) >= 11 is 0. The largest absolute Gasteiger partial charge is 0.361 e. The van der Waals surface area contributed by atoms with Gasteiger partial charge in [0.25, 0.3) is 0 Å². The maximum atomic E-state index is 12.4. The van der Waals surface area contributed by atoms with E-state index >= 15 is 0 Å². The predicted molar refractivity (Wildman–Crippen MR) is 186 cm³/mol. The van der Waals surface area contributed by atoms with Gasteiger partial charge in [-0.15, -0.1) is 0 Å². The SMILES string of the molecule is CN(C)C/C=C/C(=O)Nc1ccc2c(N3CCC(Nc4nccc(/C(C(=N)c5ccccc5)=C5\C=CC=CN5)n4)C3)nccc2c1. The van der Waals surface area contributed by atoms with Crippen molar-refractivity contribution in [2.45, 2.75) is 12.5 Å². The van der Waals surface area contributed by atoms with Gasteiger partial charge >= 0.3 is 0 Å². The standard InChI is InChI=1S/C36H37N9O/c1-44(2)21-8-12-32(46)41-27-13-14-29-26(23-27)15-19-39-35(29)45-22-17-28(24-45)42-36-40-20-16-31(43-36)33(30-11-6-7-18-38-30)34(37)25-9-4-3-5-10-25/h3-16,18-20,23,28,37-38H,17,21-22,24H2,1-2H3,(H,41,46)(H,40,42,43)/b12-8+,33-30-,37-34?. The number of anilines is 3. The highest BCUT2D eigenvalue weighted by atomic mass is 16.1. The molecule has 2 aromatic heterocycles. The summed E-state index contributed by atoms with van der Waals surface area (Å²) in [5, 5.41) is 20.8. The molecule has 1 fully saturated rings. The van der Waals surface area contributed by atoms with Crippen molar-refractivity contribution in [1.82, 2.24) is 25.2 Å². The Kier molecular flexibility index (Phi) is 9.26. The molecule has 1 unspecified atom stereocenters. The average molecular weight is 612 g/mol. The minimum atomic E-state index is -0.154. The molecule has 10 nitrogen and oxygen atoms in total. The van der Waals surface area contributed by atoms with Crippen LogP contribution in [0.5, 0.6) is 0 Å². The quantitative estimate of drug-likeness (QED) is 0.142. The van der Waals surface area contributed by atoms with Crippen LogP contribution in [0.4, 0.5) is 17.5 Å². The van der Waals surface area contributed by atoms with Gasteiger partial charge in [0.05, 0.1) is 11.4 Å². The van der Waals surface area contributed by atoms with E-state index in [1.807, 2.05) is 116 Å². The number of benzene rings is 2. The predicted octanol–water partition coefficient (Wildman–Crippen LogP) is 5.22. The number of nitrogens with zero attached hydrogens (tertiary/aromatic N) is 5. The van der Waals surface area contributed by atoms with Crippen LogP contribution in [0.2, 0.25) is 0 Å². The third-order valence-corrected chi connectivity index (χ3v) is 7.77. The number of amides is 1. The molecule has 4 heterocycles. The first kappa shape index (κ1) is 30.4. The number of fused-ring (bicyclic) bond motifs is 1. The van der Waals surface area contributed by atoms with E-state index in [1.54, 1.807) is 12.3 Å². The molecule has 0 aliphatic carbocycles. The summed E-state index contributed by atoms with van der Waals surface area (Å²) in [5.74, 6) is 1.27. The van der Waals surface area contributed by atoms with Crippen LogP contribution in [0.3, 0.4) is 0 Å². The highest BCUT2D eigenvalue weighted by Crippen LogP contribution is 2.30. The van der Waals surface area contributed by atoms with E-state index in [-0.39, 0.29) is 11.9 Å². The Morgan fingerprint density at radius 3 is 2.74 bits per heavy atom. The number of hydrogen-bond acceptors (Lipinski definition) is 9. The maximum Gasteiger partial charge on any atom is 0.248 e. The molecule has 10 heteroatoms. The average Bonchev–Trinajstić information content (AvgIpc) is 3.53. The molecule has 2 aliphatic heterocycles. The van der Waals surface area contributed by atoms with Gasteiger partial charge in [0.15, 0.2) is 0 Å². The second-order valence-corrected chi connectivity index (χ2v) is 11.5. The van der Waals surface area contributed by atoms with Crippen LogP contribution in [0, 0.1) is 5.41 Å². The number of aromatic nitrogens is 3. The Morgan fingerprint density at radius 1 is 1.09 bits per heavy atom. The summed E-state index contributed by atoms with van der Waals surface area (Å²) < 4.78 is 0. The monoisotopic (exact) mass is 611 g/mol. The molecule has 1 atom stereocenters. The van der Waals surface area contributed by atoms with Gasteiger partial charge in [0.2, 0.25) is 11.9 Å². The summed E-state index contributed by atoms with van der Waals surface area (Å²) in [6, 6.07) is 19.5. The Hall–Kier alpha value is -5.61. The van der Waals surface area contributed by atoms with Crippen molar-refractivity contribution in [1.29, 1.82) is 5.41 Å². The Labute approximate surface area is 268 Å². The summed E-state index contributed by atoms with van der Waals surface area (Å²) in [6.07, 6.45) is 15.5. The van der Waals surface area contributed by atoms with E-state index in [0.717, 1.165) is 53.0 Å². The lowest BCUT2D eigenvalue weighted by Crippen LogP contribution is -2.27. The zero-order chi connectivity index (χ0) is 31.9. The second-order valence-electron chi connectivity index (χ2n) is 11.5. The fraction of sp³-hybridized carbons (Fsp3) is 0.194. The van der Waals surface area contributed by atoms with Crippen LogP contribution >= 0.6 is 0 Å². The third kappa shape index (κ3) is 7.19. The van der Waals surface area contributed by atoms with Crippen LogP contribution < -0.4 is 20.9 Å². The number of carbonyl (C=O) groups excluding carboxylic acids is 1. The van der Waals surface area contributed by atoms with Crippen molar-refractivity contribution in [2.75, 3.05) is 49.3 Å². The number of allylic oxidation sites excluding steroid dienone is 4. The normalized spacial score (nSPS) is 17.0. The summed E-state index contributed by atoms with van der Waals surface area (Å²) in [6.45, 7) is 2.26. The molecule has 6 rings (SSSR count). The van der Waals surface area contributed by atoms with E-state index in [1.165, 1.54) is 0 Å². The van der Waals surface area contributed by atoms with Gasteiger partial charge in [-0.3, -0.25) is 10.2 Å². The molecule has 2 aliphatic rings. The lowest BCUT2D eigenvalue weighted by atomic mass is 9.97. The first-order chi connectivity index (χ1) is 22.4. The van der Waals surface area contributed by atoms with Gasteiger partial charge in [0.1, 0.15) is 5.82 Å². The highest BCUT2D eigenvalue weighted by Gasteiger charge is 2.26. The van der Waals surface area contributed by atoms with E-state index in [0.29, 0.717) is 29.5 Å². The lowest BCUT2D eigenvalue weighted by molar-refractivity contribution is -0.111. The van der Waals surface area contributed by atoms with Crippen LogP contribution in [0.1, 0.15) is 17.7 Å². The number of likely N-dealkylation sites (N-methyl/N-ethyl adjacent to an activating group) is 1. The van der Waals surface area contributed by atoms with Crippen LogP contribution in [0.25, 0.3) is 16.3 Å². The molecule has 46 heavy (non-hydrogen) atoms. The van der Waals surface area contributed by atoms with Crippen LogP contribution in [-0.2, 0) is 4.79 Å². The number of carbonyl (C=O) groups is 1. The van der Waals surface area contributed by atoms with E-state index in [2.05, 4.69) is 25.8 Å². The van der Waals surface area contributed by atoms with E-state index in [9.17, 15) is 4.79 Å². The Balaban J connectivity index is 1.17. The van der Waals surface area contributed by atoms with Gasteiger partial charge < -0.3 is 25.8 Å². The number of pyridine rings is 1. The van der Waals surface area contributed by atoms with Crippen molar-refractivity contribution in [2.24, 2.45) is 0 Å². The maximum absolute atomic E-state index is 12.4. The molecule has 2 aromatic carbocycles. The highest BCUT2D eigenvalue weighted by molar-refractivity contribution is 6.31. The first-order valence-corrected chi connectivity index (χ1v) is 15.3. The van der Waals surface area contributed by atoms with Crippen molar-refractivity contribution in [3.05, 3.63) is 127 Å². The summed E-state index contributed by atoms with van der Waals surface area (Å²) in [4.78, 5) is 30.8. The summed E-state index contributed by atoms with van der Waals surface area (Å²) in [5.41, 5.74) is 4.10. The lowest BCUT2D eigenvalue weighted by Gasteiger charge is -2.20. The number of hydrogen-bond donors (Lipinski definition) is 4. The van der Waals surface area contributed by atoms with Gasteiger partial charge in [-0.25, -0.2) is 15.0 Å². The molecule has 232 valence electrons. The Bertz CT molecular complexity index is 1860. The van der Waals surface area contributed by atoms with Crippen molar-refractivity contribution >= 4 is 45.4 Å². The number of nitrogens with one attached hydrogen (secondary N) is 4. The van der Waals surface area contributed by atoms with Gasteiger partial charge in [-0.2, -0.15) is 0 Å². The van der Waals surface area contributed by atoms with Crippen molar-refractivity contribution in [3.63, 3.8) is 0 Å². The minimum absolute atomic E-state index is 0.111. The number of dihydropyridines is 1. The second kappa shape index (κ2) is 14.0. The van der Waals surface area contributed by atoms with Crippen molar-refractivity contribution in [3.8, 4) is 0 Å². The van der Waals surface area contributed by atoms with Gasteiger partial charge in [-0.1, -0.05) is 42.5 Å². The zero-order valence-corrected chi connectivity index (χ0v) is 25.9. The fourth-order valence-corrected chi connectivity index (χ4v) is 5.57. The van der Waals surface area contributed by atoms with Gasteiger partial charge in [0, 0.05) is 78.3 Å².